The number of amides is 1. The fraction of sp³-hybridized carbons (Fsp3) is 0.294. The molecule has 5 nitrogen and oxygen atoms in total. The zero-order valence-corrected chi connectivity index (χ0v) is 13.2. The molecule has 2 aromatic rings. The molecule has 6 heteroatoms. The van der Waals surface area contributed by atoms with E-state index in [-0.39, 0.29) is 30.1 Å². The number of hydrogen-bond acceptors (Lipinski definition) is 5. The van der Waals surface area contributed by atoms with Crippen LogP contribution in [0.25, 0.3) is 0 Å². The second-order valence-corrected chi connectivity index (χ2v) is 6.60. The zero-order chi connectivity index (χ0) is 16.0. The maximum Gasteiger partial charge on any atom is 0.303 e. The van der Waals surface area contributed by atoms with E-state index in [4.69, 9.17) is 9.47 Å². The number of carbonyl (C=O) groups is 2. The van der Waals surface area contributed by atoms with Gasteiger partial charge in [0.2, 0.25) is 0 Å². The van der Waals surface area contributed by atoms with Gasteiger partial charge < -0.3 is 14.8 Å². The Morgan fingerprint density at radius 1 is 1.13 bits per heavy atom. The monoisotopic (exact) mass is 329 g/mol. The lowest BCUT2D eigenvalue weighted by molar-refractivity contribution is -0.149. The molecule has 23 heavy (non-hydrogen) atoms. The van der Waals surface area contributed by atoms with E-state index in [1.807, 2.05) is 35.7 Å². The van der Waals surface area contributed by atoms with E-state index in [1.165, 1.54) is 18.3 Å². The lowest BCUT2D eigenvalue weighted by Crippen LogP contribution is -2.47. The Labute approximate surface area is 137 Å². The summed E-state index contributed by atoms with van der Waals surface area (Å²) in [6.07, 6.45) is -1.12. The standard InChI is InChI=1S/C17H15NO4S/c1-9(19)21-16-13(18-17(20)12-7-4-8-23-12)14-10-5-2-3-6-11(10)15(16)22-14/h2-8,13-16H,1H3,(H,18,20)/t13-,14+,15-,16+/m1/s1. The van der Waals surface area contributed by atoms with Gasteiger partial charge in [-0.25, -0.2) is 0 Å². The Morgan fingerprint density at radius 3 is 2.52 bits per heavy atom. The SMILES string of the molecule is CC(=O)O[C@H]1[C@H](NC(=O)c2cccs2)[C@H]2O[C@@H]1c1ccccc12. The Balaban J connectivity index is 1.64. The highest BCUT2D eigenvalue weighted by Crippen LogP contribution is 2.51. The van der Waals surface area contributed by atoms with Crippen LogP contribution < -0.4 is 5.32 Å². The zero-order valence-electron chi connectivity index (χ0n) is 12.4. The van der Waals surface area contributed by atoms with Crippen LogP contribution in [0.15, 0.2) is 41.8 Å². The molecule has 1 saturated heterocycles. The fourth-order valence-corrected chi connectivity index (χ4v) is 3.97. The number of ether oxygens (including phenoxy) is 2. The molecule has 0 saturated carbocycles. The Kier molecular flexibility index (Phi) is 3.43. The molecule has 2 aliphatic heterocycles. The molecule has 1 aromatic carbocycles. The van der Waals surface area contributed by atoms with Crippen molar-refractivity contribution in [2.45, 2.75) is 31.3 Å². The van der Waals surface area contributed by atoms with Crippen molar-refractivity contribution in [3.05, 3.63) is 57.8 Å². The third kappa shape index (κ3) is 2.34. The lowest BCUT2D eigenvalue weighted by atomic mass is 9.86. The summed E-state index contributed by atoms with van der Waals surface area (Å²) in [5, 5.41) is 4.83. The summed E-state index contributed by atoms with van der Waals surface area (Å²) >= 11 is 1.37. The molecule has 0 spiro atoms. The predicted octanol–water partition coefficient (Wildman–Crippen LogP) is 2.60. The number of esters is 1. The van der Waals surface area contributed by atoms with Gasteiger partial charge in [-0.2, -0.15) is 0 Å². The average Bonchev–Trinajstić information content (AvgIpc) is 3.23. The van der Waals surface area contributed by atoms with Crippen LogP contribution in [0.3, 0.4) is 0 Å². The van der Waals surface area contributed by atoms with Crippen LogP contribution in [0.1, 0.15) is 39.9 Å². The van der Waals surface area contributed by atoms with E-state index >= 15 is 0 Å². The van der Waals surface area contributed by atoms with Crippen LogP contribution in [-0.2, 0) is 14.3 Å². The van der Waals surface area contributed by atoms with Crippen LogP contribution >= 0.6 is 11.3 Å². The summed E-state index contributed by atoms with van der Waals surface area (Å²) in [5.41, 5.74) is 2.09. The highest BCUT2D eigenvalue weighted by molar-refractivity contribution is 7.12. The summed E-state index contributed by atoms with van der Waals surface area (Å²) in [4.78, 5) is 24.5. The highest BCUT2D eigenvalue weighted by Gasteiger charge is 2.54. The number of carbonyl (C=O) groups excluding carboxylic acids is 2. The van der Waals surface area contributed by atoms with Crippen molar-refractivity contribution in [1.82, 2.24) is 5.32 Å². The van der Waals surface area contributed by atoms with E-state index < -0.39 is 6.10 Å². The summed E-state index contributed by atoms with van der Waals surface area (Å²) in [6, 6.07) is 11.1. The van der Waals surface area contributed by atoms with Crippen LogP contribution in [0.4, 0.5) is 0 Å². The predicted molar refractivity (Wildman–Crippen MR) is 84.1 cm³/mol. The van der Waals surface area contributed by atoms with Crippen LogP contribution in [0.2, 0.25) is 0 Å². The second-order valence-electron chi connectivity index (χ2n) is 5.66. The Bertz CT molecular complexity index is 758. The van der Waals surface area contributed by atoms with Crippen LogP contribution in [0.5, 0.6) is 0 Å². The molecule has 1 amide bonds. The molecule has 118 valence electrons. The molecule has 3 heterocycles. The third-order valence-corrected chi connectivity index (χ3v) is 5.09. The van der Waals surface area contributed by atoms with Gasteiger partial charge in [0.1, 0.15) is 12.2 Å². The fourth-order valence-electron chi connectivity index (χ4n) is 3.34. The van der Waals surface area contributed by atoms with Crippen molar-refractivity contribution >= 4 is 23.2 Å². The number of fused-ring (bicyclic) bond motifs is 5. The van der Waals surface area contributed by atoms with Crippen LogP contribution in [0, 0.1) is 0 Å². The molecule has 2 aliphatic rings. The van der Waals surface area contributed by atoms with Gasteiger partial charge in [0.15, 0.2) is 6.10 Å². The minimum Gasteiger partial charge on any atom is -0.457 e. The van der Waals surface area contributed by atoms with Gasteiger partial charge in [0.25, 0.3) is 5.91 Å². The van der Waals surface area contributed by atoms with Gasteiger partial charge in [0.05, 0.1) is 10.9 Å². The first-order valence-corrected chi connectivity index (χ1v) is 8.29. The van der Waals surface area contributed by atoms with E-state index in [9.17, 15) is 9.59 Å². The maximum atomic E-state index is 12.4. The third-order valence-electron chi connectivity index (χ3n) is 4.23. The first-order chi connectivity index (χ1) is 11.1. The number of nitrogens with one attached hydrogen (secondary N) is 1. The summed E-state index contributed by atoms with van der Waals surface area (Å²) in [6.45, 7) is 1.37. The lowest BCUT2D eigenvalue weighted by Gasteiger charge is -2.29. The highest BCUT2D eigenvalue weighted by atomic mass is 32.1. The molecule has 1 fully saturated rings. The smallest absolute Gasteiger partial charge is 0.303 e. The number of rotatable bonds is 3. The largest absolute Gasteiger partial charge is 0.457 e. The molecule has 0 radical (unpaired) electrons. The van der Waals surface area contributed by atoms with Gasteiger partial charge in [-0.3, -0.25) is 9.59 Å². The molecular weight excluding hydrogens is 314 g/mol. The molecular formula is C17H15NO4S. The van der Waals surface area contributed by atoms with Crippen molar-refractivity contribution in [2.24, 2.45) is 0 Å². The van der Waals surface area contributed by atoms with E-state index in [0.717, 1.165) is 11.1 Å². The molecule has 2 bridgehead atoms. The first kappa shape index (κ1) is 14.4. The topological polar surface area (TPSA) is 64.6 Å². The summed E-state index contributed by atoms with van der Waals surface area (Å²) in [5.74, 6) is -0.546. The quantitative estimate of drug-likeness (QED) is 0.879. The Hall–Kier alpha value is -2.18. The van der Waals surface area contributed by atoms with Crippen molar-refractivity contribution in [1.29, 1.82) is 0 Å². The molecule has 4 rings (SSSR count). The Morgan fingerprint density at radius 2 is 1.87 bits per heavy atom. The number of thiophene rings is 1. The van der Waals surface area contributed by atoms with E-state index in [1.54, 1.807) is 6.07 Å². The van der Waals surface area contributed by atoms with Gasteiger partial charge in [-0.05, 0) is 22.6 Å². The van der Waals surface area contributed by atoms with Gasteiger partial charge >= 0.3 is 5.97 Å². The van der Waals surface area contributed by atoms with Gasteiger partial charge in [-0.1, -0.05) is 30.3 Å². The minimum absolute atomic E-state index is 0.171. The van der Waals surface area contributed by atoms with E-state index in [0.29, 0.717) is 4.88 Å². The number of hydrogen-bond donors (Lipinski definition) is 1. The van der Waals surface area contributed by atoms with Gasteiger partial charge in [-0.15, -0.1) is 11.3 Å². The van der Waals surface area contributed by atoms with Crippen molar-refractivity contribution in [3.63, 3.8) is 0 Å². The summed E-state index contributed by atoms with van der Waals surface area (Å²) in [7, 11) is 0. The maximum absolute atomic E-state index is 12.4. The molecule has 0 unspecified atom stereocenters. The average molecular weight is 329 g/mol. The normalized spacial score (nSPS) is 27.5. The molecule has 0 aliphatic carbocycles. The van der Waals surface area contributed by atoms with E-state index in [2.05, 4.69) is 5.32 Å². The number of benzene rings is 1. The molecule has 1 N–H and O–H groups in total. The van der Waals surface area contributed by atoms with Crippen molar-refractivity contribution in [2.75, 3.05) is 0 Å². The second kappa shape index (κ2) is 5.47. The van der Waals surface area contributed by atoms with Gasteiger partial charge in [0, 0.05) is 6.92 Å². The summed E-state index contributed by atoms with van der Waals surface area (Å²) < 4.78 is 11.5. The minimum atomic E-state index is -0.503. The van der Waals surface area contributed by atoms with Crippen LogP contribution in [-0.4, -0.2) is 24.0 Å². The molecule has 4 atom stereocenters. The van der Waals surface area contributed by atoms with Crippen molar-refractivity contribution in [3.8, 4) is 0 Å². The van der Waals surface area contributed by atoms with Crippen molar-refractivity contribution < 1.29 is 19.1 Å². The molecule has 1 aromatic heterocycles. The first-order valence-electron chi connectivity index (χ1n) is 7.41.